The van der Waals surface area contributed by atoms with Crippen LogP contribution in [0.3, 0.4) is 0 Å². The second kappa shape index (κ2) is 9.47. The molecule has 1 aliphatic heterocycles. The van der Waals surface area contributed by atoms with E-state index in [0.717, 1.165) is 50.0 Å². The van der Waals surface area contributed by atoms with Gasteiger partial charge in [-0.3, -0.25) is 19.5 Å². The average Bonchev–Trinajstić information content (AvgIpc) is 2.75. The van der Waals surface area contributed by atoms with E-state index in [1.165, 1.54) is 0 Å². The quantitative estimate of drug-likeness (QED) is 0.664. The number of hydrogen-bond donors (Lipinski definition) is 3. The van der Waals surface area contributed by atoms with Crippen LogP contribution in [0.2, 0.25) is 0 Å². The molecule has 1 aliphatic carbocycles. The van der Waals surface area contributed by atoms with Gasteiger partial charge < -0.3 is 16.4 Å². The van der Waals surface area contributed by atoms with Gasteiger partial charge in [0.1, 0.15) is 0 Å². The molecule has 7 heteroatoms. The predicted octanol–water partition coefficient (Wildman–Crippen LogP) is 2.23. The van der Waals surface area contributed by atoms with Crippen LogP contribution in [0.1, 0.15) is 53.2 Å². The van der Waals surface area contributed by atoms with E-state index in [9.17, 15) is 9.59 Å². The van der Waals surface area contributed by atoms with Gasteiger partial charge >= 0.3 is 0 Å². The van der Waals surface area contributed by atoms with Crippen LogP contribution in [0.5, 0.6) is 0 Å². The fraction of sp³-hybridized carbons (Fsp3) is 0.458. The minimum atomic E-state index is -0.221. The van der Waals surface area contributed by atoms with Crippen LogP contribution in [0.4, 0.5) is 5.69 Å². The lowest BCUT2D eigenvalue weighted by Crippen LogP contribution is -2.63. The van der Waals surface area contributed by atoms with Crippen molar-refractivity contribution in [2.75, 3.05) is 25.4 Å². The molecule has 4 N–H and O–H groups in total. The topological polar surface area (TPSA) is 100 Å². The Hall–Kier alpha value is -2.93. The predicted molar refractivity (Wildman–Crippen MR) is 121 cm³/mol. The van der Waals surface area contributed by atoms with E-state index in [0.29, 0.717) is 23.2 Å². The van der Waals surface area contributed by atoms with E-state index in [2.05, 4.69) is 20.5 Å². The molecule has 1 aromatic heterocycles. The van der Waals surface area contributed by atoms with Gasteiger partial charge in [-0.25, -0.2) is 0 Å². The van der Waals surface area contributed by atoms with E-state index >= 15 is 0 Å². The molecule has 0 bridgehead atoms. The number of nitrogens with two attached hydrogens (primary N) is 1. The van der Waals surface area contributed by atoms with Crippen LogP contribution in [-0.2, 0) is 4.79 Å². The summed E-state index contributed by atoms with van der Waals surface area (Å²) in [6.07, 6.45) is 6.33. The molecule has 1 aromatic carbocycles. The van der Waals surface area contributed by atoms with Crippen LogP contribution >= 0.6 is 0 Å². The van der Waals surface area contributed by atoms with Crippen molar-refractivity contribution in [2.24, 2.45) is 0 Å². The Kier molecular flexibility index (Phi) is 6.51. The fourth-order valence-corrected chi connectivity index (χ4v) is 4.62. The maximum Gasteiger partial charge on any atom is 0.251 e. The zero-order valence-corrected chi connectivity index (χ0v) is 18.0. The van der Waals surface area contributed by atoms with Gasteiger partial charge in [0.15, 0.2) is 0 Å². The number of amides is 2. The highest BCUT2D eigenvalue weighted by Crippen LogP contribution is 2.35. The Labute approximate surface area is 183 Å². The smallest absolute Gasteiger partial charge is 0.251 e. The molecular formula is C24H31N5O2. The lowest BCUT2D eigenvalue weighted by molar-refractivity contribution is -0.122. The summed E-state index contributed by atoms with van der Waals surface area (Å²) in [4.78, 5) is 31.3. The van der Waals surface area contributed by atoms with Crippen molar-refractivity contribution in [1.82, 2.24) is 20.5 Å². The van der Waals surface area contributed by atoms with Crippen LogP contribution in [0, 0.1) is 6.92 Å². The molecule has 0 spiro atoms. The third kappa shape index (κ3) is 5.41. The van der Waals surface area contributed by atoms with Crippen molar-refractivity contribution in [2.45, 2.75) is 50.6 Å². The molecule has 1 saturated heterocycles. The third-order valence-corrected chi connectivity index (χ3v) is 6.41. The van der Waals surface area contributed by atoms with Gasteiger partial charge in [0.25, 0.3) is 5.91 Å². The van der Waals surface area contributed by atoms with E-state index < -0.39 is 0 Å². The van der Waals surface area contributed by atoms with Gasteiger partial charge in [0.05, 0.1) is 24.5 Å². The summed E-state index contributed by atoms with van der Waals surface area (Å²) in [6, 6.07) is 12.1. The van der Waals surface area contributed by atoms with Crippen molar-refractivity contribution >= 4 is 17.5 Å². The molecule has 31 heavy (non-hydrogen) atoms. The zero-order valence-electron chi connectivity index (χ0n) is 18.0. The molecule has 164 valence electrons. The Bertz CT molecular complexity index is 916. The molecule has 0 atom stereocenters. The second-order valence-electron chi connectivity index (χ2n) is 8.79. The summed E-state index contributed by atoms with van der Waals surface area (Å²) >= 11 is 0. The van der Waals surface area contributed by atoms with Crippen LogP contribution in [-0.4, -0.2) is 53.4 Å². The summed E-state index contributed by atoms with van der Waals surface area (Å²) in [5.74, 6) is 0.163. The molecule has 7 nitrogen and oxygen atoms in total. The maximum absolute atomic E-state index is 12.2. The number of rotatable bonds is 6. The highest BCUT2D eigenvalue weighted by Gasteiger charge is 2.35. The summed E-state index contributed by atoms with van der Waals surface area (Å²) in [5.41, 5.74) is 9.19. The number of aryl methyl sites for hydroxylation is 1. The van der Waals surface area contributed by atoms with Crippen molar-refractivity contribution in [3.05, 3.63) is 59.4 Å². The number of nitrogens with zero attached hydrogens (tertiary/aromatic N) is 2. The molecule has 2 aliphatic rings. The third-order valence-electron chi connectivity index (χ3n) is 6.41. The molecular weight excluding hydrogens is 390 g/mol. The van der Waals surface area contributed by atoms with Crippen LogP contribution in [0.15, 0.2) is 42.6 Å². The molecule has 2 aromatic rings. The Morgan fingerprint density at radius 3 is 2.58 bits per heavy atom. The first-order valence-corrected chi connectivity index (χ1v) is 11.1. The number of nitrogens with one attached hydrogen (secondary N) is 2. The number of likely N-dealkylation sites (tertiary alicyclic amines) is 1. The number of anilines is 1. The number of pyridine rings is 1. The number of carbonyl (C=O) groups is 2. The van der Waals surface area contributed by atoms with Gasteiger partial charge in [-0.1, -0.05) is 17.7 Å². The molecule has 2 heterocycles. The summed E-state index contributed by atoms with van der Waals surface area (Å²) in [6.45, 7) is 3.70. The highest BCUT2D eigenvalue weighted by atomic mass is 16.2. The SMILES string of the molecule is Cc1cccc(C(=O)NCC(=O)NC2CN(C3CCC(c4ccc(N)cn4)CC3)C2)c1. The standard InChI is InChI=1S/C24H31N5O2/c1-16-3-2-4-18(11-16)24(31)27-13-23(30)28-20-14-29(15-20)21-8-5-17(6-9-21)22-10-7-19(25)12-26-22/h2-4,7,10-12,17,20-21H,5-6,8-9,13-15,25H2,1H3,(H,27,31)(H,28,30). The minimum Gasteiger partial charge on any atom is -0.397 e. The molecule has 0 radical (unpaired) electrons. The number of carbonyl (C=O) groups excluding carboxylic acids is 2. The van der Waals surface area contributed by atoms with E-state index in [1.807, 2.05) is 37.3 Å². The molecule has 4 rings (SSSR count). The summed E-state index contributed by atoms with van der Waals surface area (Å²) < 4.78 is 0. The largest absolute Gasteiger partial charge is 0.397 e. The Balaban J connectivity index is 1.14. The maximum atomic E-state index is 12.2. The second-order valence-corrected chi connectivity index (χ2v) is 8.79. The number of hydrogen-bond acceptors (Lipinski definition) is 5. The lowest BCUT2D eigenvalue weighted by Gasteiger charge is -2.46. The molecule has 2 fully saturated rings. The van der Waals surface area contributed by atoms with Crippen molar-refractivity contribution in [1.29, 1.82) is 0 Å². The van der Waals surface area contributed by atoms with Gasteiger partial charge in [-0.05, 0) is 56.9 Å². The van der Waals surface area contributed by atoms with E-state index in [-0.39, 0.29) is 24.4 Å². The van der Waals surface area contributed by atoms with Crippen molar-refractivity contribution in [3.63, 3.8) is 0 Å². The number of benzene rings is 1. The zero-order chi connectivity index (χ0) is 21.8. The van der Waals surface area contributed by atoms with Crippen LogP contribution in [0.25, 0.3) is 0 Å². The van der Waals surface area contributed by atoms with Gasteiger partial charge in [-0.2, -0.15) is 0 Å². The number of nitrogen functional groups attached to an aromatic ring is 1. The lowest BCUT2D eigenvalue weighted by atomic mass is 9.82. The van der Waals surface area contributed by atoms with Gasteiger partial charge in [-0.15, -0.1) is 0 Å². The van der Waals surface area contributed by atoms with E-state index in [4.69, 9.17) is 5.73 Å². The Morgan fingerprint density at radius 2 is 1.90 bits per heavy atom. The first-order chi connectivity index (χ1) is 15.0. The summed E-state index contributed by atoms with van der Waals surface area (Å²) in [5, 5.41) is 5.73. The van der Waals surface area contributed by atoms with Gasteiger partial charge in [0, 0.05) is 36.3 Å². The monoisotopic (exact) mass is 421 g/mol. The minimum absolute atomic E-state index is 0.00295. The first kappa shape index (κ1) is 21.3. The fourth-order valence-electron chi connectivity index (χ4n) is 4.62. The molecule has 0 unspecified atom stereocenters. The summed E-state index contributed by atoms with van der Waals surface area (Å²) in [7, 11) is 0. The number of aromatic nitrogens is 1. The van der Waals surface area contributed by atoms with Gasteiger partial charge in [0.2, 0.25) is 5.91 Å². The van der Waals surface area contributed by atoms with Crippen molar-refractivity contribution < 1.29 is 9.59 Å². The van der Waals surface area contributed by atoms with E-state index in [1.54, 1.807) is 12.3 Å². The molecule has 1 saturated carbocycles. The highest BCUT2D eigenvalue weighted by molar-refractivity contribution is 5.96. The average molecular weight is 422 g/mol. The normalized spacial score (nSPS) is 21.8. The Morgan fingerprint density at radius 1 is 1.13 bits per heavy atom. The van der Waals surface area contributed by atoms with Crippen LogP contribution < -0.4 is 16.4 Å². The molecule has 2 amide bonds. The first-order valence-electron chi connectivity index (χ1n) is 11.1. The van der Waals surface area contributed by atoms with Crippen molar-refractivity contribution in [3.8, 4) is 0 Å².